The lowest BCUT2D eigenvalue weighted by molar-refractivity contribution is -0.192. The van der Waals surface area contributed by atoms with Crippen molar-refractivity contribution < 1.29 is 36.2 Å². The van der Waals surface area contributed by atoms with Gasteiger partial charge in [-0.15, -0.1) is 0 Å². The van der Waals surface area contributed by atoms with E-state index in [9.17, 15) is 21.6 Å². The zero-order chi connectivity index (χ0) is 21.9. The maximum Gasteiger partial charge on any atom is 0.490 e. The van der Waals surface area contributed by atoms with E-state index in [0.29, 0.717) is 25.6 Å². The first-order valence-corrected chi connectivity index (χ1v) is 11.0. The van der Waals surface area contributed by atoms with Crippen molar-refractivity contribution in [1.82, 2.24) is 14.3 Å². The Morgan fingerprint density at radius 2 is 1.97 bits per heavy atom. The second kappa shape index (κ2) is 9.02. The summed E-state index contributed by atoms with van der Waals surface area (Å²) in [5.74, 6) is -0.725. The fourth-order valence-electron chi connectivity index (χ4n) is 2.86. The van der Waals surface area contributed by atoms with Gasteiger partial charge in [0.2, 0.25) is 10.0 Å². The Labute approximate surface area is 171 Å². The number of halogens is 3. The van der Waals surface area contributed by atoms with Gasteiger partial charge in [0.25, 0.3) is 0 Å². The van der Waals surface area contributed by atoms with Crippen molar-refractivity contribution >= 4 is 21.8 Å². The van der Waals surface area contributed by atoms with Crippen molar-refractivity contribution in [2.24, 2.45) is 5.92 Å². The lowest BCUT2D eigenvalue weighted by Gasteiger charge is -2.33. The van der Waals surface area contributed by atoms with E-state index < -0.39 is 28.2 Å². The number of anilines is 1. The van der Waals surface area contributed by atoms with E-state index in [1.54, 1.807) is 10.5 Å². The number of rotatable bonds is 6. The molecule has 9 nitrogen and oxygen atoms in total. The summed E-state index contributed by atoms with van der Waals surface area (Å²) in [7, 11) is -3.26. The van der Waals surface area contributed by atoms with Crippen LogP contribution >= 0.6 is 0 Å². The molecule has 1 aliphatic heterocycles. The summed E-state index contributed by atoms with van der Waals surface area (Å²) < 4.78 is 64.1. The molecular weight excluding hydrogens is 429 g/mol. The molecule has 4 rings (SSSR count). The molecule has 168 valence electrons. The number of sulfonamides is 1. The molecule has 13 heteroatoms. The highest BCUT2D eigenvalue weighted by Gasteiger charge is 2.45. The summed E-state index contributed by atoms with van der Waals surface area (Å²) in [4.78, 5) is 17.7. The van der Waals surface area contributed by atoms with Gasteiger partial charge in [0.15, 0.2) is 5.82 Å². The molecule has 1 unspecified atom stereocenters. The van der Waals surface area contributed by atoms with Gasteiger partial charge >= 0.3 is 12.1 Å². The Kier molecular flexibility index (Phi) is 6.82. The Hall–Kier alpha value is -1.99. The molecule has 2 aliphatic carbocycles. The molecule has 3 fully saturated rings. The minimum atomic E-state index is -5.08. The molecule has 2 saturated carbocycles. The van der Waals surface area contributed by atoms with Gasteiger partial charge < -0.3 is 15.2 Å². The van der Waals surface area contributed by atoms with Gasteiger partial charge in [-0.2, -0.15) is 17.5 Å². The van der Waals surface area contributed by atoms with Crippen LogP contribution in [0.15, 0.2) is 12.3 Å². The number of hydrogen-bond donors (Lipinski definition) is 2. The van der Waals surface area contributed by atoms with Crippen molar-refractivity contribution in [2.45, 2.75) is 43.2 Å². The molecule has 1 saturated heterocycles. The lowest BCUT2D eigenvalue weighted by Crippen LogP contribution is -2.45. The first-order chi connectivity index (χ1) is 14.1. The first-order valence-electron chi connectivity index (χ1n) is 9.54. The maximum atomic E-state index is 12.6. The number of alkyl halides is 3. The number of ether oxygens (including phenoxy) is 1. The van der Waals surface area contributed by atoms with E-state index in [1.807, 2.05) is 6.07 Å². The van der Waals surface area contributed by atoms with Crippen molar-refractivity contribution in [3.63, 3.8) is 0 Å². The maximum absolute atomic E-state index is 12.6. The highest BCUT2D eigenvalue weighted by atomic mass is 32.2. The van der Waals surface area contributed by atoms with Crippen molar-refractivity contribution in [3.8, 4) is 0 Å². The summed E-state index contributed by atoms with van der Waals surface area (Å²) in [5, 5.41) is 10.2. The molecule has 0 radical (unpaired) electrons. The van der Waals surface area contributed by atoms with E-state index in [1.165, 1.54) is 12.8 Å². The van der Waals surface area contributed by atoms with Crippen LogP contribution in [-0.2, 0) is 19.6 Å². The smallest absolute Gasteiger partial charge is 0.475 e. The largest absolute Gasteiger partial charge is 0.490 e. The number of morpholine rings is 1. The SMILES string of the molecule is O=C(O)C(F)(F)F.O=S(=O)(C1CC1)N1CCOCC1c1nccc(NCC2CC2)n1. The molecular formula is C17H23F3N4O5S. The van der Waals surface area contributed by atoms with Gasteiger partial charge in [0.1, 0.15) is 11.9 Å². The first kappa shape index (κ1) is 22.7. The van der Waals surface area contributed by atoms with Gasteiger partial charge in [0, 0.05) is 19.3 Å². The molecule has 2 N–H and O–H groups in total. The van der Waals surface area contributed by atoms with Gasteiger partial charge in [-0.25, -0.2) is 23.2 Å². The van der Waals surface area contributed by atoms with Gasteiger partial charge in [0.05, 0.1) is 18.5 Å². The standard InChI is InChI=1S/C15H22N4O3S.C2HF3O2/c20-23(21,12-3-4-12)19-7-8-22-10-13(19)15-16-6-5-14(18-15)17-9-11-1-2-11;3-2(4,5)1(6)7/h5-6,11-13H,1-4,7-10H2,(H,16,17,18);(H,6,7). The van der Waals surface area contributed by atoms with Crippen LogP contribution in [0.2, 0.25) is 0 Å². The molecule has 0 aromatic carbocycles. The van der Waals surface area contributed by atoms with Crippen LogP contribution in [0.25, 0.3) is 0 Å². The molecule has 2 heterocycles. The third kappa shape index (κ3) is 6.01. The fraction of sp³-hybridized carbons (Fsp3) is 0.706. The number of nitrogens with zero attached hydrogens (tertiary/aromatic N) is 3. The summed E-state index contributed by atoms with van der Waals surface area (Å²) in [6, 6.07) is 1.41. The third-order valence-corrected chi connectivity index (χ3v) is 7.24. The van der Waals surface area contributed by atoms with Crippen molar-refractivity contribution in [2.75, 3.05) is 31.6 Å². The zero-order valence-corrected chi connectivity index (χ0v) is 16.8. The quantitative estimate of drug-likeness (QED) is 0.670. The topological polar surface area (TPSA) is 122 Å². The van der Waals surface area contributed by atoms with Gasteiger partial charge in [-0.3, -0.25) is 0 Å². The highest BCUT2D eigenvalue weighted by Crippen LogP contribution is 2.36. The van der Waals surface area contributed by atoms with E-state index in [0.717, 1.165) is 31.1 Å². The summed E-state index contributed by atoms with van der Waals surface area (Å²) in [6.45, 7) is 2.05. The summed E-state index contributed by atoms with van der Waals surface area (Å²) in [6.07, 6.45) is 0.671. The van der Waals surface area contributed by atoms with Crippen LogP contribution in [-0.4, -0.2) is 71.5 Å². The number of carbonyl (C=O) groups is 1. The molecule has 0 spiro atoms. The Morgan fingerprint density at radius 3 is 2.53 bits per heavy atom. The van der Waals surface area contributed by atoms with Crippen LogP contribution in [0.4, 0.5) is 19.0 Å². The van der Waals surface area contributed by atoms with Gasteiger partial charge in [-0.05, 0) is 37.7 Å². The normalized spacial score (nSPS) is 22.7. The van der Waals surface area contributed by atoms with E-state index in [4.69, 9.17) is 14.6 Å². The third-order valence-electron chi connectivity index (χ3n) is 4.84. The van der Waals surface area contributed by atoms with Crippen LogP contribution < -0.4 is 5.32 Å². The summed E-state index contributed by atoms with van der Waals surface area (Å²) >= 11 is 0. The predicted octanol–water partition coefficient (Wildman–Crippen LogP) is 1.80. The van der Waals surface area contributed by atoms with Crippen LogP contribution in [0.3, 0.4) is 0 Å². The number of nitrogens with one attached hydrogen (secondary N) is 1. The van der Waals surface area contributed by atoms with Crippen molar-refractivity contribution in [1.29, 1.82) is 0 Å². The monoisotopic (exact) mass is 452 g/mol. The van der Waals surface area contributed by atoms with Crippen molar-refractivity contribution in [3.05, 3.63) is 18.1 Å². The number of carboxylic acids is 1. The number of carboxylic acid groups (broad SMARTS) is 1. The molecule has 0 bridgehead atoms. The number of aromatic nitrogens is 2. The highest BCUT2D eigenvalue weighted by molar-refractivity contribution is 7.90. The van der Waals surface area contributed by atoms with Crippen LogP contribution in [0.1, 0.15) is 37.5 Å². The molecule has 1 aromatic rings. The Morgan fingerprint density at radius 1 is 1.30 bits per heavy atom. The predicted molar refractivity (Wildman–Crippen MR) is 99.1 cm³/mol. The van der Waals surface area contributed by atoms with Gasteiger partial charge in [-0.1, -0.05) is 0 Å². The molecule has 0 amide bonds. The fourth-order valence-corrected chi connectivity index (χ4v) is 4.81. The molecule has 3 aliphatic rings. The lowest BCUT2D eigenvalue weighted by atomic mass is 10.2. The number of hydrogen-bond acceptors (Lipinski definition) is 7. The minimum Gasteiger partial charge on any atom is -0.475 e. The van der Waals surface area contributed by atoms with E-state index >= 15 is 0 Å². The van der Waals surface area contributed by atoms with Crippen LogP contribution in [0, 0.1) is 5.92 Å². The second-order valence-corrected chi connectivity index (χ2v) is 9.54. The average Bonchev–Trinajstić information content (AvgIpc) is 3.59. The minimum absolute atomic E-state index is 0.223. The van der Waals surface area contributed by atoms with Crippen LogP contribution in [0.5, 0.6) is 0 Å². The molecule has 1 atom stereocenters. The Bertz CT molecular complexity index is 859. The Balaban J connectivity index is 0.000000318. The zero-order valence-electron chi connectivity index (χ0n) is 16.0. The molecule has 1 aromatic heterocycles. The van der Waals surface area contributed by atoms with E-state index in [-0.39, 0.29) is 5.25 Å². The van der Waals surface area contributed by atoms with E-state index in [2.05, 4.69) is 15.3 Å². The second-order valence-electron chi connectivity index (χ2n) is 7.37. The average molecular weight is 452 g/mol. The molecule has 30 heavy (non-hydrogen) atoms. The number of aliphatic carboxylic acids is 1. The summed E-state index contributed by atoms with van der Waals surface area (Å²) in [5.41, 5.74) is 0.